The maximum Gasteiger partial charge on any atom is 0.341 e. The second-order valence-electron chi connectivity index (χ2n) is 7.66. The Morgan fingerprint density at radius 3 is 2.68 bits per heavy atom. The number of likely N-dealkylation sites (N-methyl/N-ethyl adjacent to an activating group) is 1. The van der Waals surface area contributed by atoms with Crippen LogP contribution in [0.3, 0.4) is 0 Å². The van der Waals surface area contributed by atoms with Gasteiger partial charge in [-0.25, -0.2) is 4.79 Å². The van der Waals surface area contributed by atoms with Crippen LogP contribution in [0.4, 0.5) is 5.69 Å². The van der Waals surface area contributed by atoms with Crippen molar-refractivity contribution < 1.29 is 28.5 Å². The highest BCUT2D eigenvalue weighted by atomic mass is 79.9. The van der Waals surface area contributed by atoms with Crippen LogP contribution in [-0.2, 0) is 11.2 Å². The molecule has 2 aromatic rings. The number of methoxy groups -OCH3 is 2. The van der Waals surface area contributed by atoms with E-state index in [9.17, 15) is 4.79 Å². The van der Waals surface area contributed by atoms with Crippen molar-refractivity contribution in [3.63, 3.8) is 0 Å². The van der Waals surface area contributed by atoms with Crippen molar-refractivity contribution in [1.29, 1.82) is 0 Å². The summed E-state index contributed by atoms with van der Waals surface area (Å²) in [6.07, 6.45) is 0.291. The van der Waals surface area contributed by atoms with Crippen LogP contribution >= 0.6 is 15.9 Å². The molecule has 0 bridgehead atoms. The number of hydrogen-bond donors (Lipinski definition) is 1. The maximum atomic E-state index is 13.0. The molecule has 0 radical (unpaired) electrons. The molecule has 31 heavy (non-hydrogen) atoms. The van der Waals surface area contributed by atoms with Gasteiger partial charge in [0.05, 0.1) is 36.0 Å². The number of rotatable bonds is 4. The first-order valence-electron chi connectivity index (χ1n) is 9.99. The molecule has 3 heterocycles. The monoisotopic (exact) mass is 490 g/mol. The van der Waals surface area contributed by atoms with Gasteiger partial charge in [-0.1, -0.05) is 6.07 Å². The molecule has 0 aromatic heterocycles. The molecule has 1 N–H and O–H groups in total. The lowest BCUT2D eigenvalue weighted by Gasteiger charge is -2.39. The van der Waals surface area contributed by atoms with Crippen LogP contribution in [-0.4, -0.2) is 52.5 Å². The molecular formula is C22H23BrN2O6. The second kappa shape index (κ2) is 7.49. The zero-order chi connectivity index (χ0) is 21.9. The summed E-state index contributed by atoms with van der Waals surface area (Å²) in [5, 5.41) is 3.09. The molecule has 3 aliphatic rings. The minimum Gasteiger partial charge on any atom is -0.495 e. The average Bonchev–Trinajstić information content (AvgIpc) is 3.39. The zero-order valence-electron chi connectivity index (χ0n) is 17.7. The number of ether oxygens (including phenoxy) is 5. The average molecular weight is 491 g/mol. The number of anilines is 1. The van der Waals surface area contributed by atoms with Crippen molar-refractivity contribution >= 4 is 27.6 Å². The van der Waals surface area contributed by atoms with Gasteiger partial charge >= 0.3 is 5.97 Å². The van der Waals surface area contributed by atoms with Crippen LogP contribution in [0.25, 0.3) is 0 Å². The minimum absolute atomic E-state index is 0.139. The van der Waals surface area contributed by atoms with Gasteiger partial charge in [0.25, 0.3) is 0 Å². The van der Waals surface area contributed by atoms with E-state index in [-0.39, 0.29) is 18.8 Å². The molecule has 0 amide bonds. The molecule has 5 rings (SSSR count). The summed E-state index contributed by atoms with van der Waals surface area (Å²) in [5.74, 6) is 2.07. The Balaban J connectivity index is 1.72. The van der Waals surface area contributed by atoms with Crippen molar-refractivity contribution in [2.45, 2.75) is 18.6 Å². The highest BCUT2D eigenvalue weighted by Crippen LogP contribution is 2.57. The number of benzene rings is 2. The third-order valence-electron chi connectivity index (χ3n) is 6.24. The van der Waals surface area contributed by atoms with Gasteiger partial charge < -0.3 is 29.0 Å². The Kier molecular flexibility index (Phi) is 4.90. The summed E-state index contributed by atoms with van der Waals surface area (Å²) < 4.78 is 29.5. The first kappa shape index (κ1) is 20.3. The van der Waals surface area contributed by atoms with Crippen LogP contribution < -0.4 is 24.3 Å². The van der Waals surface area contributed by atoms with Crippen LogP contribution in [0.2, 0.25) is 0 Å². The minimum atomic E-state index is -0.509. The molecule has 2 aromatic carbocycles. The van der Waals surface area contributed by atoms with Gasteiger partial charge in [0.2, 0.25) is 12.5 Å². The van der Waals surface area contributed by atoms with Crippen molar-refractivity contribution in [2.24, 2.45) is 0 Å². The highest BCUT2D eigenvalue weighted by Gasteiger charge is 2.46. The summed E-state index contributed by atoms with van der Waals surface area (Å²) in [6.45, 7) is 0.928. The smallest absolute Gasteiger partial charge is 0.341 e. The van der Waals surface area contributed by atoms with E-state index >= 15 is 0 Å². The summed E-state index contributed by atoms with van der Waals surface area (Å²) >= 11 is 3.71. The standard InChI is InChI=1S/C22H23BrN2O6/c1-24-16-12(27-3)6-5-11-13(16)22(26)31-18(11)17-14-10(7-8-25(17)2)15(23)20-21(19(14)28-4)30-9-29-20/h5-6,17-18,24H,7-9H2,1-4H3/t17-,18+/m1/s1. The molecule has 3 aliphatic heterocycles. The normalized spacial score (nSPS) is 21.4. The Morgan fingerprint density at radius 2 is 1.97 bits per heavy atom. The maximum absolute atomic E-state index is 13.0. The van der Waals surface area contributed by atoms with E-state index < -0.39 is 6.10 Å². The van der Waals surface area contributed by atoms with E-state index in [1.165, 1.54) is 0 Å². The number of esters is 1. The summed E-state index contributed by atoms with van der Waals surface area (Å²) in [4.78, 5) is 15.2. The van der Waals surface area contributed by atoms with Crippen molar-refractivity contribution in [2.75, 3.05) is 47.0 Å². The van der Waals surface area contributed by atoms with E-state index in [0.717, 1.165) is 34.1 Å². The van der Waals surface area contributed by atoms with Crippen LogP contribution in [0.15, 0.2) is 16.6 Å². The Morgan fingerprint density at radius 1 is 1.19 bits per heavy atom. The lowest BCUT2D eigenvalue weighted by atomic mass is 9.85. The van der Waals surface area contributed by atoms with Gasteiger partial charge in [-0.15, -0.1) is 0 Å². The van der Waals surface area contributed by atoms with E-state index in [4.69, 9.17) is 23.7 Å². The lowest BCUT2D eigenvalue weighted by molar-refractivity contribution is 0.00880. The number of nitrogens with one attached hydrogen (secondary N) is 1. The second-order valence-corrected chi connectivity index (χ2v) is 8.46. The van der Waals surface area contributed by atoms with Gasteiger partial charge in [-0.2, -0.15) is 0 Å². The summed E-state index contributed by atoms with van der Waals surface area (Å²) in [6, 6.07) is 3.50. The van der Waals surface area contributed by atoms with Crippen LogP contribution in [0.1, 0.15) is 39.2 Å². The van der Waals surface area contributed by atoms with Crippen LogP contribution in [0, 0.1) is 0 Å². The third-order valence-corrected chi connectivity index (χ3v) is 7.08. The largest absolute Gasteiger partial charge is 0.495 e. The van der Waals surface area contributed by atoms with E-state index in [2.05, 4.69) is 26.1 Å². The van der Waals surface area contributed by atoms with Crippen molar-refractivity contribution in [1.82, 2.24) is 4.90 Å². The molecule has 2 atom stereocenters. The van der Waals surface area contributed by atoms with Gasteiger partial charge in [0.1, 0.15) is 11.9 Å². The fourth-order valence-corrected chi connectivity index (χ4v) is 5.57. The van der Waals surface area contributed by atoms with Gasteiger partial charge in [0, 0.05) is 24.7 Å². The van der Waals surface area contributed by atoms with Crippen molar-refractivity contribution in [3.8, 4) is 23.0 Å². The lowest BCUT2D eigenvalue weighted by Crippen LogP contribution is -2.36. The predicted octanol–water partition coefficient (Wildman–Crippen LogP) is 3.68. The Hall–Kier alpha value is -2.65. The molecule has 0 saturated heterocycles. The first-order chi connectivity index (χ1) is 15.0. The van der Waals surface area contributed by atoms with E-state index in [1.807, 2.05) is 19.2 Å². The number of carbonyl (C=O) groups excluding carboxylic acids is 1. The van der Waals surface area contributed by atoms with Gasteiger partial charge in [0.15, 0.2) is 11.5 Å². The zero-order valence-corrected chi connectivity index (χ0v) is 19.3. The Bertz CT molecular complexity index is 1090. The van der Waals surface area contributed by atoms with Crippen LogP contribution in [0.5, 0.6) is 23.0 Å². The SMILES string of the molecule is CNc1c(OC)ccc2c1C(=O)O[C@@H]2[C@H]1c2c(c(Br)c3c(c2OC)OCO3)CCN1C. The topological polar surface area (TPSA) is 78.5 Å². The number of halogens is 1. The molecular weight excluding hydrogens is 468 g/mol. The highest BCUT2D eigenvalue weighted by molar-refractivity contribution is 9.10. The van der Waals surface area contributed by atoms with Gasteiger partial charge in [-0.05, 0) is 41.0 Å². The Labute approximate surface area is 188 Å². The molecule has 0 aliphatic carbocycles. The third kappa shape index (κ3) is 2.79. The molecule has 9 heteroatoms. The first-order valence-corrected chi connectivity index (χ1v) is 10.8. The number of hydrogen-bond acceptors (Lipinski definition) is 8. The van der Waals surface area contributed by atoms with Crippen molar-refractivity contribution in [3.05, 3.63) is 38.9 Å². The fourth-order valence-electron chi connectivity index (χ4n) is 4.86. The molecule has 0 spiro atoms. The fraction of sp³-hybridized carbons (Fsp3) is 0.409. The molecule has 0 saturated carbocycles. The predicted molar refractivity (Wildman–Crippen MR) is 117 cm³/mol. The molecule has 0 unspecified atom stereocenters. The van der Waals surface area contributed by atoms with E-state index in [0.29, 0.717) is 34.2 Å². The van der Waals surface area contributed by atoms with E-state index in [1.54, 1.807) is 21.3 Å². The molecule has 0 fully saturated rings. The quantitative estimate of drug-likeness (QED) is 0.650. The molecule has 8 nitrogen and oxygen atoms in total. The number of cyclic esters (lactones) is 1. The number of nitrogens with zero attached hydrogens (tertiary/aromatic N) is 1. The van der Waals surface area contributed by atoms with Gasteiger partial charge in [-0.3, -0.25) is 4.90 Å². The number of fused-ring (bicyclic) bond motifs is 3. The summed E-state index contributed by atoms with van der Waals surface area (Å²) in [7, 11) is 6.99. The number of carbonyl (C=O) groups is 1. The summed E-state index contributed by atoms with van der Waals surface area (Å²) in [5.41, 5.74) is 3.97. The molecule has 164 valence electrons.